The van der Waals surface area contributed by atoms with Crippen molar-refractivity contribution in [1.82, 2.24) is 29.9 Å². The molecular weight excluding hydrogens is 1210 g/mol. The summed E-state index contributed by atoms with van der Waals surface area (Å²) >= 11 is 0. The number of hydrogen-bond acceptors (Lipinski definition) is 28. The third-order valence-corrected chi connectivity index (χ3v) is 11.6. The molecule has 2 aromatic heterocycles. The summed E-state index contributed by atoms with van der Waals surface area (Å²) in [6.07, 6.45) is 3.13. The van der Waals surface area contributed by atoms with Crippen molar-refractivity contribution in [2.24, 2.45) is 0 Å². The van der Waals surface area contributed by atoms with E-state index in [0.29, 0.717) is 16.8 Å². The zero-order valence-electron chi connectivity index (χ0n) is 42.0. The third-order valence-electron chi connectivity index (χ3n) is 8.43. The van der Waals surface area contributed by atoms with Crippen LogP contribution in [0.25, 0.3) is 12.2 Å². The maximum Gasteiger partial charge on any atom is 1.00 e. The van der Waals surface area contributed by atoms with Gasteiger partial charge in [0.25, 0.3) is 0 Å². The van der Waals surface area contributed by atoms with E-state index in [0.717, 1.165) is 23.8 Å². The van der Waals surface area contributed by atoms with Crippen molar-refractivity contribution in [2.45, 2.75) is 22.6 Å². The van der Waals surface area contributed by atoms with Gasteiger partial charge in [0.15, 0.2) is 0 Å². The van der Waals surface area contributed by atoms with Crippen LogP contribution in [0, 0.1) is 12.1 Å². The minimum atomic E-state index is -5.05. The predicted molar refractivity (Wildman–Crippen MR) is 246 cm³/mol. The summed E-state index contributed by atoms with van der Waals surface area (Å²) in [4.78, 5) is 24.7. The van der Waals surface area contributed by atoms with Gasteiger partial charge in [-0.1, -0.05) is 24.3 Å². The second-order valence-corrected chi connectivity index (χ2v) is 20.4. The van der Waals surface area contributed by atoms with Crippen LogP contribution in [-0.2, 0) is 74.5 Å². The summed E-state index contributed by atoms with van der Waals surface area (Å²) in [5, 5.41) is 11.1. The minimum Gasteiger partial charge on any atom is -0.748 e. The first-order valence-corrected chi connectivity index (χ1v) is 27.3. The molecule has 0 bridgehead atoms. The van der Waals surface area contributed by atoms with E-state index in [4.69, 9.17) is 25.3 Å². The van der Waals surface area contributed by atoms with Crippen molar-refractivity contribution < 1.29 is 254 Å². The molecule has 0 saturated carbocycles. The molecule has 78 heavy (non-hydrogen) atoms. The number of rotatable bonds is 20. The van der Waals surface area contributed by atoms with Crippen molar-refractivity contribution in [3.63, 3.8) is 0 Å². The Labute approximate surface area is 583 Å². The van der Waals surface area contributed by atoms with Gasteiger partial charge in [0.2, 0.25) is 23.8 Å². The molecule has 0 spiro atoms. The smallest absolute Gasteiger partial charge is 0.748 e. The van der Waals surface area contributed by atoms with Gasteiger partial charge in [0.1, 0.15) is 31.9 Å². The Bertz CT molecular complexity index is 3590. The Morgan fingerprint density at radius 2 is 0.923 bits per heavy atom. The van der Waals surface area contributed by atoms with Gasteiger partial charge in [-0.15, -0.1) is 55.6 Å². The van der Waals surface area contributed by atoms with Gasteiger partial charge in [0.05, 0.1) is 41.5 Å². The zero-order valence-corrected chi connectivity index (χ0v) is 58.9. The van der Waals surface area contributed by atoms with E-state index >= 15 is 0 Å². The van der Waals surface area contributed by atoms with Crippen LogP contribution in [0.5, 0.6) is 0 Å². The van der Waals surface area contributed by atoms with E-state index in [2.05, 4.69) is 63.3 Å². The average Bonchev–Trinajstić information content (AvgIpc) is 3.25. The first kappa shape index (κ1) is 80.9. The van der Waals surface area contributed by atoms with Crippen LogP contribution in [0.4, 0.5) is 35.2 Å². The fraction of sp³-hybridized carbons (Fsp3) is 0.158. The molecule has 4 aromatic carbocycles. The van der Waals surface area contributed by atoms with Crippen molar-refractivity contribution in [1.29, 1.82) is 0 Å². The molecule has 2 heterocycles. The monoisotopic (exact) mass is 1250 g/mol. The van der Waals surface area contributed by atoms with Crippen molar-refractivity contribution in [3.05, 3.63) is 131 Å². The van der Waals surface area contributed by atoms with Gasteiger partial charge in [0, 0.05) is 31.6 Å². The molecule has 0 aliphatic carbocycles. The standard InChI is InChI=1S/C38H36N10O12S4.6Na.2O3S/c49-61(50,51)20-18-39-35-44-34(23-27-9-16-31(17-10-27)63(55,56)57)45-37(47-35)41-29-13-7-25(8-14-29)6-11-28-12-15-30(24-32(28)64(58,59)60)42-38-46-33(22-26-4-2-1-3-5-26)43-36(48-38)40-19-21-62(52,53)54;;;;;;;2*1-4(2)3/h2-7,9-17,24H,18-23H2,(H,49,50,51)(H,52,53,54)(H,55,56,57)(H,58,59,60)(H2,39,41,44,45,47)(H2,40,42,43,46,48);;;;;;;;/q-2;6*+1;;/p-4/b11-6+;;;;;;;;. The summed E-state index contributed by atoms with van der Waals surface area (Å²) in [6.45, 7) is -0.614. The van der Waals surface area contributed by atoms with Gasteiger partial charge in [-0.3, -0.25) is 0 Å². The van der Waals surface area contributed by atoms with Gasteiger partial charge >= 0.3 is 199 Å². The molecule has 0 aliphatic heterocycles. The quantitative estimate of drug-likeness (QED) is 0.0239. The number of aromatic nitrogens is 6. The van der Waals surface area contributed by atoms with Crippen molar-refractivity contribution in [2.75, 3.05) is 45.9 Å². The normalized spacial score (nSPS) is 10.7. The van der Waals surface area contributed by atoms with E-state index in [1.165, 1.54) is 42.5 Å². The first-order valence-electron chi connectivity index (χ1n) is 19.3. The summed E-state index contributed by atoms with van der Waals surface area (Å²) < 4.78 is 189. The Morgan fingerprint density at radius 1 is 0.500 bits per heavy atom. The van der Waals surface area contributed by atoms with Crippen LogP contribution < -0.4 is 199 Å². The Hall–Kier alpha value is -1.28. The maximum atomic E-state index is 12.4. The molecule has 0 saturated heterocycles. The summed E-state index contributed by atoms with van der Waals surface area (Å²) in [5.74, 6) is -1.37. The molecule has 0 fully saturated rings. The van der Waals surface area contributed by atoms with Gasteiger partial charge in [-0.2, -0.15) is 71.4 Å². The number of nitrogens with zero attached hydrogens (tertiary/aromatic N) is 6. The van der Waals surface area contributed by atoms with E-state index in [1.807, 2.05) is 0 Å². The molecule has 0 aliphatic rings. The molecule has 6 aromatic rings. The summed E-state index contributed by atoms with van der Waals surface area (Å²) in [6, 6.07) is 26.5. The number of nitrogens with one attached hydrogen (secondary N) is 4. The van der Waals surface area contributed by atoms with Gasteiger partial charge in [-0.25, -0.2) is 33.7 Å². The van der Waals surface area contributed by atoms with E-state index < -0.39 is 83.0 Å². The van der Waals surface area contributed by atoms with E-state index in [-0.39, 0.29) is 250 Å². The molecule has 40 heteroatoms. The molecule has 0 atom stereocenters. The second-order valence-electron chi connectivity index (χ2n) is 13.8. The van der Waals surface area contributed by atoms with E-state index in [1.54, 1.807) is 36.4 Å². The van der Waals surface area contributed by atoms with Crippen LogP contribution in [0.3, 0.4) is 0 Å². The SMILES string of the molecule is O=S(=O)([O-])CCNc1nc(Cc2ccc(S(=O)(=O)[O-])cc2)nc(Nc2c[c-]c(/C=C/c3ccc(Nc4nc(Cc5cc[c-]cc5)nc(NCCS(=O)(=O)[O-])n4)cc3S(=O)(=O)[O-])cc2)n1.O=S(=O)=O.O=S(=O)=O.[Na+].[Na+].[Na+].[Na+].[Na+].[Na+]. The third kappa shape index (κ3) is 33.1. The summed E-state index contributed by atoms with van der Waals surface area (Å²) in [7, 11) is -25.0. The molecule has 0 unspecified atom stereocenters. The van der Waals surface area contributed by atoms with Crippen LogP contribution in [-0.4, -0.2) is 132 Å². The fourth-order valence-corrected chi connectivity index (χ4v) is 7.41. The minimum absolute atomic E-state index is 0. The molecule has 28 nitrogen and oxygen atoms in total. The van der Waals surface area contributed by atoms with Gasteiger partial charge < -0.3 is 39.5 Å². The topological polar surface area (TPSA) is 457 Å². The molecule has 4 N–H and O–H groups in total. The largest absolute Gasteiger partial charge is 1.00 e. The number of hydrogen-bond donors (Lipinski definition) is 4. The Balaban J connectivity index is -0.00000376. The summed E-state index contributed by atoms with van der Waals surface area (Å²) in [5.41, 5.74) is 2.32. The van der Waals surface area contributed by atoms with Crippen LogP contribution in [0.2, 0.25) is 0 Å². The maximum absolute atomic E-state index is 12.4. The van der Waals surface area contributed by atoms with Crippen LogP contribution in [0.1, 0.15) is 33.9 Å². The van der Waals surface area contributed by atoms with Crippen molar-refractivity contribution >= 4 is 109 Å². The molecule has 6 rings (SSSR count). The number of anilines is 6. The van der Waals surface area contributed by atoms with Crippen molar-refractivity contribution in [3.8, 4) is 0 Å². The molecule has 0 radical (unpaired) electrons. The average molecular weight is 1250 g/mol. The fourth-order valence-electron chi connectivity index (χ4n) is 5.54. The van der Waals surface area contributed by atoms with Crippen LogP contribution in [0.15, 0.2) is 94.7 Å². The second kappa shape index (κ2) is 38.6. The molecular formula is C38H32N10Na6O18S6. The van der Waals surface area contributed by atoms with E-state index in [9.17, 15) is 51.9 Å². The van der Waals surface area contributed by atoms with Crippen LogP contribution >= 0.6 is 0 Å². The zero-order chi connectivity index (χ0) is 53.3. The first-order chi connectivity index (χ1) is 33.6. The molecule has 0 amide bonds. The Kier molecular flexibility index (Phi) is 40.0. The van der Waals surface area contributed by atoms with Gasteiger partial charge in [-0.05, 0) is 41.1 Å². The number of benzene rings is 4. The predicted octanol–water partition coefficient (Wildman–Crippen LogP) is -17.8. The molecule has 384 valence electrons. The Morgan fingerprint density at radius 3 is 1.33 bits per heavy atom.